The number of hydrogen-bond acceptors (Lipinski definition) is 3. The van der Waals surface area contributed by atoms with E-state index < -0.39 is 10.0 Å². The highest BCUT2D eigenvalue weighted by atomic mass is 35.5. The standard InChI is InChI=1S/C7H8ClNO2S2/c1-12-6-4-2-3-5(8)7(6)13(9,10)11/h2-4H,1H3,(H2,9,10,11). The molecule has 0 aliphatic heterocycles. The molecule has 0 aliphatic rings. The Morgan fingerprint density at radius 1 is 1.46 bits per heavy atom. The molecule has 0 unspecified atom stereocenters. The molecule has 0 aliphatic carbocycles. The first kappa shape index (κ1) is 10.8. The summed E-state index contributed by atoms with van der Waals surface area (Å²) in [6.45, 7) is 0. The summed E-state index contributed by atoms with van der Waals surface area (Å²) in [7, 11) is -3.73. The van der Waals surface area contributed by atoms with Crippen LogP contribution < -0.4 is 5.14 Å². The minimum absolute atomic E-state index is 0.00386. The van der Waals surface area contributed by atoms with Crippen LogP contribution in [0.25, 0.3) is 0 Å². The van der Waals surface area contributed by atoms with E-state index in [4.69, 9.17) is 16.7 Å². The van der Waals surface area contributed by atoms with Crippen LogP contribution in [-0.2, 0) is 10.0 Å². The number of nitrogens with two attached hydrogens (primary N) is 1. The first-order valence-corrected chi connectivity index (χ1v) is 6.47. The van der Waals surface area contributed by atoms with Crippen molar-refractivity contribution < 1.29 is 8.42 Å². The highest BCUT2D eigenvalue weighted by molar-refractivity contribution is 7.99. The molecule has 0 saturated heterocycles. The first-order valence-electron chi connectivity index (χ1n) is 3.32. The smallest absolute Gasteiger partial charge is 0.225 e. The first-order chi connectivity index (χ1) is 5.96. The molecule has 1 aromatic carbocycles. The third kappa shape index (κ3) is 2.37. The van der Waals surface area contributed by atoms with Gasteiger partial charge < -0.3 is 0 Å². The molecular weight excluding hydrogens is 230 g/mol. The lowest BCUT2D eigenvalue weighted by Gasteiger charge is -2.05. The summed E-state index contributed by atoms with van der Waals surface area (Å²) in [6, 6.07) is 4.85. The van der Waals surface area contributed by atoms with Crippen molar-refractivity contribution in [3.8, 4) is 0 Å². The lowest BCUT2D eigenvalue weighted by atomic mass is 10.4. The molecule has 0 saturated carbocycles. The number of rotatable bonds is 2. The number of hydrogen-bond donors (Lipinski definition) is 1. The number of thioether (sulfide) groups is 1. The molecule has 2 N–H and O–H groups in total. The Kier molecular flexibility index (Phi) is 3.23. The van der Waals surface area contributed by atoms with E-state index in [1.165, 1.54) is 17.8 Å². The SMILES string of the molecule is CSc1cccc(Cl)c1S(N)(=O)=O. The average Bonchev–Trinajstić information content (AvgIpc) is 2.01. The van der Waals surface area contributed by atoms with E-state index in [-0.39, 0.29) is 9.92 Å². The average molecular weight is 238 g/mol. The third-order valence-electron chi connectivity index (χ3n) is 1.44. The molecule has 3 nitrogen and oxygen atoms in total. The largest absolute Gasteiger partial charge is 0.240 e. The minimum Gasteiger partial charge on any atom is -0.225 e. The van der Waals surface area contributed by atoms with Gasteiger partial charge in [-0.25, -0.2) is 13.6 Å². The molecule has 0 heterocycles. The Morgan fingerprint density at radius 3 is 2.46 bits per heavy atom. The van der Waals surface area contributed by atoms with Crippen LogP contribution in [0.4, 0.5) is 0 Å². The molecule has 0 spiro atoms. The molecule has 0 bridgehead atoms. The van der Waals surface area contributed by atoms with Crippen molar-refractivity contribution in [2.24, 2.45) is 5.14 Å². The number of sulfonamides is 1. The van der Waals surface area contributed by atoms with Crippen LogP contribution in [0.5, 0.6) is 0 Å². The lowest BCUT2D eigenvalue weighted by molar-refractivity contribution is 0.596. The van der Waals surface area contributed by atoms with Crippen molar-refractivity contribution in [1.29, 1.82) is 0 Å². The molecule has 0 aromatic heterocycles. The summed E-state index contributed by atoms with van der Waals surface area (Å²) in [5.41, 5.74) is 0. The van der Waals surface area contributed by atoms with Crippen molar-refractivity contribution in [2.45, 2.75) is 9.79 Å². The second-order valence-corrected chi connectivity index (χ2v) is 5.07. The second-order valence-electron chi connectivity index (χ2n) is 2.32. The van der Waals surface area contributed by atoms with E-state index in [1.54, 1.807) is 18.4 Å². The van der Waals surface area contributed by atoms with Crippen LogP contribution in [0, 0.1) is 0 Å². The van der Waals surface area contributed by atoms with Crippen LogP contribution in [0.1, 0.15) is 0 Å². The van der Waals surface area contributed by atoms with Crippen LogP contribution in [0.3, 0.4) is 0 Å². The molecule has 0 radical (unpaired) electrons. The van der Waals surface area contributed by atoms with E-state index >= 15 is 0 Å². The maximum absolute atomic E-state index is 11.1. The van der Waals surface area contributed by atoms with Gasteiger partial charge in [-0.3, -0.25) is 0 Å². The highest BCUT2D eigenvalue weighted by Gasteiger charge is 2.16. The monoisotopic (exact) mass is 237 g/mol. The number of halogens is 1. The van der Waals surface area contributed by atoms with Gasteiger partial charge in [0.15, 0.2) is 0 Å². The van der Waals surface area contributed by atoms with E-state index in [9.17, 15) is 8.42 Å². The normalized spacial score (nSPS) is 11.6. The van der Waals surface area contributed by atoms with Gasteiger partial charge in [0.2, 0.25) is 10.0 Å². The maximum atomic E-state index is 11.1. The Bertz CT molecular complexity index is 417. The second kappa shape index (κ2) is 3.88. The molecule has 1 aromatic rings. The van der Waals surface area contributed by atoms with Crippen LogP contribution in [0.15, 0.2) is 28.0 Å². The quantitative estimate of drug-likeness (QED) is 0.797. The Hall–Kier alpha value is -0.230. The highest BCUT2D eigenvalue weighted by Crippen LogP contribution is 2.29. The molecule has 72 valence electrons. The number of benzene rings is 1. The zero-order valence-corrected chi connectivity index (χ0v) is 9.21. The molecule has 0 amide bonds. The topological polar surface area (TPSA) is 60.2 Å². The minimum atomic E-state index is -3.73. The van der Waals surface area contributed by atoms with E-state index in [2.05, 4.69) is 0 Å². The Balaban J connectivity index is 3.50. The Labute approximate surface area is 86.3 Å². The summed E-state index contributed by atoms with van der Waals surface area (Å²) < 4.78 is 22.2. The van der Waals surface area contributed by atoms with Crippen molar-refractivity contribution in [3.05, 3.63) is 23.2 Å². The zero-order chi connectivity index (χ0) is 10.1. The summed E-state index contributed by atoms with van der Waals surface area (Å²) in [5, 5.41) is 5.17. The summed E-state index contributed by atoms with van der Waals surface area (Å²) in [6.07, 6.45) is 1.76. The summed E-state index contributed by atoms with van der Waals surface area (Å²) >= 11 is 7.01. The van der Waals surface area contributed by atoms with Crippen LogP contribution in [-0.4, -0.2) is 14.7 Å². The molecule has 13 heavy (non-hydrogen) atoms. The molecule has 0 fully saturated rings. The van der Waals surface area contributed by atoms with Gasteiger partial charge in [0.25, 0.3) is 0 Å². The van der Waals surface area contributed by atoms with Crippen molar-refractivity contribution in [3.63, 3.8) is 0 Å². The van der Waals surface area contributed by atoms with Crippen molar-refractivity contribution >= 4 is 33.4 Å². The molecular formula is C7H8ClNO2S2. The maximum Gasteiger partial charge on any atom is 0.240 e. The van der Waals surface area contributed by atoms with Gasteiger partial charge in [0, 0.05) is 4.90 Å². The van der Waals surface area contributed by atoms with Gasteiger partial charge >= 0.3 is 0 Å². The molecule has 0 atom stereocenters. The number of primary sulfonamides is 1. The van der Waals surface area contributed by atoms with Crippen molar-refractivity contribution in [1.82, 2.24) is 0 Å². The van der Waals surface area contributed by atoms with Crippen molar-refractivity contribution in [2.75, 3.05) is 6.26 Å². The predicted molar refractivity (Wildman–Crippen MR) is 54.6 cm³/mol. The van der Waals surface area contributed by atoms with Gasteiger partial charge in [0.05, 0.1) is 5.02 Å². The summed E-state index contributed by atoms with van der Waals surface area (Å²) in [5.74, 6) is 0. The lowest BCUT2D eigenvalue weighted by Crippen LogP contribution is -2.13. The predicted octanol–water partition coefficient (Wildman–Crippen LogP) is 1.71. The summed E-state index contributed by atoms with van der Waals surface area (Å²) in [4.78, 5) is 0.569. The van der Waals surface area contributed by atoms with E-state index in [1.807, 2.05) is 0 Å². The van der Waals surface area contributed by atoms with E-state index in [0.29, 0.717) is 4.90 Å². The zero-order valence-electron chi connectivity index (χ0n) is 6.82. The van der Waals surface area contributed by atoms with Gasteiger partial charge in [-0.1, -0.05) is 17.7 Å². The molecule has 6 heteroatoms. The van der Waals surface area contributed by atoms with Gasteiger partial charge in [-0.05, 0) is 18.4 Å². The fourth-order valence-electron chi connectivity index (χ4n) is 0.926. The van der Waals surface area contributed by atoms with Crippen LogP contribution >= 0.6 is 23.4 Å². The van der Waals surface area contributed by atoms with Gasteiger partial charge in [0.1, 0.15) is 4.90 Å². The fourth-order valence-corrected chi connectivity index (χ4v) is 3.28. The Morgan fingerprint density at radius 2 is 2.08 bits per heavy atom. The molecule has 1 rings (SSSR count). The van der Waals surface area contributed by atoms with Gasteiger partial charge in [-0.15, -0.1) is 11.8 Å². The van der Waals surface area contributed by atoms with Crippen LogP contribution in [0.2, 0.25) is 5.02 Å². The third-order valence-corrected chi connectivity index (χ3v) is 3.78. The fraction of sp³-hybridized carbons (Fsp3) is 0.143. The van der Waals surface area contributed by atoms with E-state index in [0.717, 1.165) is 0 Å². The van der Waals surface area contributed by atoms with Gasteiger partial charge in [-0.2, -0.15) is 0 Å².